The maximum Gasteiger partial charge on any atom is 0.271 e. The standard InChI is InChI=1S/C16H16ClN3O6S/c1-26-13-6-3-11(4-7-13)19(27(2,24)25)10-16(21)18-15-9-12(20(22)23)5-8-14(15)17/h3-9H,10H2,1-2H3,(H,18,21). The number of hydrogen-bond acceptors (Lipinski definition) is 6. The van der Waals surface area contributed by atoms with Crippen LogP contribution >= 0.6 is 11.6 Å². The monoisotopic (exact) mass is 413 g/mol. The van der Waals surface area contributed by atoms with Crippen LogP contribution in [-0.4, -0.2) is 39.2 Å². The van der Waals surface area contributed by atoms with Gasteiger partial charge in [0.1, 0.15) is 12.3 Å². The zero-order valence-corrected chi connectivity index (χ0v) is 16.0. The second-order valence-electron chi connectivity index (χ2n) is 5.44. The van der Waals surface area contributed by atoms with Gasteiger partial charge in [-0.25, -0.2) is 8.42 Å². The van der Waals surface area contributed by atoms with Crippen LogP contribution in [0.3, 0.4) is 0 Å². The van der Waals surface area contributed by atoms with Crippen LogP contribution in [0.15, 0.2) is 42.5 Å². The third-order valence-corrected chi connectivity index (χ3v) is 4.95. The quantitative estimate of drug-likeness (QED) is 0.550. The maximum absolute atomic E-state index is 12.3. The molecule has 1 amide bonds. The van der Waals surface area contributed by atoms with Gasteiger partial charge in [-0.2, -0.15) is 0 Å². The summed E-state index contributed by atoms with van der Waals surface area (Å²) in [5, 5.41) is 13.3. The van der Waals surface area contributed by atoms with Gasteiger partial charge in [0.15, 0.2) is 0 Å². The van der Waals surface area contributed by atoms with Gasteiger partial charge < -0.3 is 10.1 Å². The number of amides is 1. The minimum Gasteiger partial charge on any atom is -0.497 e. The number of nitrogens with one attached hydrogen (secondary N) is 1. The zero-order valence-electron chi connectivity index (χ0n) is 14.4. The number of ether oxygens (including phenoxy) is 1. The van der Waals surface area contributed by atoms with Crippen LogP contribution in [0.5, 0.6) is 5.75 Å². The van der Waals surface area contributed by atoms with Crippen LogP contribution in [0, 0.1) is 10.1 Å². The first-order valence-corrected chi connectivity index (χ1v) is 9.70. The molecule has 0 aliphatic carbocycles. The van der Waals surface area contributed by atoms with E-state index in [1.54, 1.807) is 12.1 Å². The first kappa shape index (κ1) is 20.5. The van der Waals surface area contributed by atoms with Crippen LogP contribution in [0.25, 0.3) is 0 Å². The first-order chi connectivity index (χ1) is 12.6. The molecule has 11 heteroatoms. The Morgan fingerprint density at radius 2 is 1.89 bits per heavy atom. The number of sulfonamides is 1. The molecule has 0 unspecified atom stereocenters. The lowest BCUT2D eigenvalue weighted by molar-refractivity contribution is -0.384. The van der Waals surface area contributed by atoms with Crippen molar-refractivity contribution >= 4 is 44.6 Å². The summed E-state index contributed by atoms with van der Waals surface area (Å²) in [5.74, 6) is -0.182. The number of benzene rings is 2. The predicted octanol–water partition coefficient (Wildman–Crippen LogP) is 2.66. The van der Waals surface area contributed by atoms with Gasteiger partial charge in [-0.3, -0.25) is 19.2 Å². The Morgan fingerprint density at radius 1 is 1.26 bits per heavy atom. The lowest BCUT2D eigenvalue weighted by atomic mass is 10.2. The van der Waals surface area contributed by atoms with Gasteiger partial charge in [0.25, 0.3) is 5.69 Å². The Labute approximate surface area is 160 Å². The van der Waals surface area contributed by atoms with E-state index in [-0.39, 0.29) is 22.1 Å². The second-order valence-corrected chi connectivity index (χ2v) is 7.75. The molecule has 1 N–H and O–H groups in total. The topological polar surface area (TPSA) is 119 Å². The van der Waals surface area contributed by atoms with Gasteiger partial charge in [0, 0.05) is 12.1 Å². The zero-order chi connectivity index (χ0) is 20.2. The molecule has 0 aromatic heterocycles. The minimum atomic E-state index is -3.77. The summed E-state index contributed by atoms with van der Waals surface area (Å²) < 4.78 is 30.1. The van der Waals surface area contributed by atoms with Crippen molar-refractivity contribution in [1.82, 2.24) is 0 Å². The summed E-state index contributed by atoms with van der Waals surface area (Å²) >= 11 is 5.94. The molecular weight excluding hydrogens is 398 g/mol. The van der Waals surface area contributed by atoms with E-state index in [0.29, 0.717) is 5.75 Å². The van der Waals surface area contributed by atoms with E-state index in [1.165, 1.54) is 31.4 Å². The van der Waals surface area contributed by atoms with E-state index in [4.69, 9.17) is 16.3 Å². The third-order valence-electron chi connectivity index (χ3n) is 3.48. The molecule has 0 fully saturated rings. The molecule has 0 aliphatic heterocycles. The van der Waals surface area contributed by atoms with E-state index in [2.05, 4.69) is 5.32 Å². The number of nitrogens with zero attached hydrogens (tertiary/aromatic N) is 2. The van der Waals surface area contributed by atoms with Gasteiger partial charge in [0.2, 0.25) is 15.9 Å². The molecular formula is C16H16ClN3O6S. The lowest BCUT2D eigenvalue weighted by Crippen LogP contribution is -2.37. The predicted molar refractivity (Wildman–Crippen MR) is 102 cm³/mol. The van der Waals surface area contributed by atoms with Crippen molar-refractivity contribution in [2.24, 2.45) is 0 Å². The average molecular weight is 414 g/mol. The summed E-state index contributed by atoms with van der Waals surface area (Å²) in [7, 11) is -2.29. The van der Waals surface area contributed by atoms with Crippen molar-refractivity contribution in [3.63, 3.8) is 0 Å². The summed E-state index contributed by atoms with van der Waals surface area (Å²) in [6.07, 6.45) is 0.963. The summed E-state index contributed by atoms with van der Waals surface area (Å²) in [6, 6.07) is 9.66. The van der Waals surface area contributed by atoms with Crippen LogP contribution < -0.4 is 14.4 Å². The third kappa shape index (κ3) is 5.31. The van der Waals surface area contributed by atoms with Gasteiger partial charge in [-0.15, -0.1) is 0 Å². The van der Waals surface area contributed by atoms with E-state index in [0.717, 1.165) is 16.6 Å². The van der Waals surface area contributed by atoms with Gasteiger partial charge >= 0.3 is 0 Å². The number of anilines is 2. The van der Waals surface area contributed by atoms with Crippen molar-refractivity contribution in [2.45, 2.75) is 0 Å². The van der Waals surface area contributed by atoms with E-state index >= 15 is 0 Å². The fraction of sp³-hybridized carbons (Fsp3) is 0.188. The Kier molecular flexibility index (Phi) is 6.24. The SMILES string of the molecule is COc1ccc(N(CC(=O)Nc2cc([N+](=O)[O-])ccc2Cl)S(C)(=O)=O)cc1. The van der Waals surface area contributed by atoms with E-state index in [1.807, 2.05) is 0 Å². The largest absolute Gasteiger partial charge is 0.497 e. The number of methoxy groups -OCH3 is 1. The highest BCUT2D eigenvalue weighted by Gasteiger charge is 2.22. The number of carbonyl (C=O) groups is 1. The summed E-state index contributed by atoms with van der Waals surface area (Å²) in [4.78, 5) is 22.5. The Bertz CT molecular complexity index is 963. The summed E-state index contributed by atoms with van der Waals surface area (Å²) in [6.45, 7) is -0.538. The average Bonchev–Trinajstić information content (AvgIpc) is 2.60. The lowest BCUT2D eigenvalue weighted by Gasteiger charge is -2.22. The number of halogens is 1. The highest BCUT2D eigenvalue weighted by molar-refractivity contribution is 7.92. The van der Waals surface area contributed by atoms with Gasteiger partial charge in [-0.05, 0) is 30.3 Å². The molecule has 0 radical (unpaired) electrons. The molecule has 0 saturated carbocycles. The number of hydrogen-bond donors (Lipinski definition) is 1. The molecule has 2 aromatic carbocycles. The summed E-state index contributed by atoms with van der Waals surface area (Å²) in [5.41, 5.74) is 0.0162. The first-order valence-electron chi connectivity index (χ1n) is 7.47. The van der Waals surface area contributed by atoms with Crippen molar-refractivity contribution in [1.29, 1.82) is 0 Å². The molecule has 0 heterocycles. The maximum atomic E-state index is 12.3. The van der Waals surface area contributed by atoms with Crippen LogP contribution in [0.4, 0.5) is 17.1 Å². The molecule has 144 valence electrons. The smallest absolute Gasteiger partial charge is 0.271 e. The molecule has 0 atom stereocenters. The number of non-ortho nitro benzene ring substituents is 1. The molecule has 27 heavy (non-hydrogen) atoms. The molecule has 9 nitrogen and oxygen atoms in total. The number of nitro benzene ring substituents is 1. The van der Waals surface area contributed by atoms with Crippen molar-refractivity contribution in [3.05, 3.63) is 57.6 Å². The van der Waals surface area contributed by atoms with Crippen molar-refractivity contribution in [3.8, 4) is 5.75 Å². The normalized spacial score (nSPS) is 10.9. The van der Waals surface area contributed by atoms with Gasteiger partial charge in [-0.1, -0.05) is 11.6 Å². The van der Waals surface area contributed by atoms with Gasteiger partial charge in [0.05, 0.1) is 34.7 Å². The number of rotatable bonds is 7. The van der Waals surface area contributed by atoms with Crippen LogP contribution in [0.2, 0.25) is 5.02 Å². The highest BCUT2D eigenvalue weighted by atomic mass is 35.5. The second kappa shape index (κ2) is 8.23. The van der Waals surface area contributed by atoms with E-state index in [9.17, 15) is 23.3 Å². The van der Waals surface area contributed by atoms with Crippen LogP contribution in [-0.2, 0) is 14.8 Å². The van der Waals surface area contributed by atoms with Crippen LogP contribution in [0.1, 0.15) is 0 Å². The fourth-order valence-electron chi connectivity index (χ4n) is 2.19. The number of carbonyl (C=O) groups excluding carboxylic acids is 1. The van der Waals surface area contributed by atoms with E-state index < -0.39 is 27.4 Å². The fourth-order valence-corrected chi connectivity index (χ4v) is 3.21. The Balaban J connectivity index is 2.24. The number of nitro groups is 1. The molecule has 0 spiro atoms. The molecule has 0 saturated heterocycles. The Morgan fingerprint density at radius 3 is 2.41 bits per heavy atom. The molecule has 2 aromatic rings. The highest BCUT2D eigenvalue weighted by Crippen LogP contribution is 2.27. The molecule has 2 rings (SSSR count). The minimum absolute atomic E-state index is 0.0130. The van der Waals surface area contributed by atoms with Crippen molar-refractivity contribution in [2.75, 3.05) is 29.5 Å². The molecule has 0 aliphatic rings. The molecule has 0 bridgehead atoms. The Hall–Kier alpha value is -2.85. The van der Waals surface area contributed by atoms with Crippen molar-refractivity contribution < 1.29 is 22.9 Å².